The van der Waals surface area contributed by atoms with Crippen molar-refractivity contribution in [2.75, 3.05) is 26.2 Å². The normalized spacial score (nSPS) is 21.0. The number of aromatic carboxylic acids is 1. The van der Waals surface area contributed by atoms with Crippen LogP contribution in [0.3, 0.4) is 0 Å². The van der Waals surface area contributed by atoms with Gasteiger partial charge in [-0.1, -0.05) is 0 Å². The van der Waals surface area contributed by atoms with E-state index in [4.69, 9.17) is 5.11 Å². The summed E-state index contributed by atoms with van der Waals surface area (Å²) in [6, 6.07) is 3.46. The topological polar surface area (TPSA) is 73.7 Å². The highest BCUT2D eigenvalue weighted by Crippen LogP contribution is 2.21. The van der Waals surface area contributed by atoms with Crippen LogP contribution in [0.4, 0.5) is 0 Å². The number of aryl methyl sites for hydroxylation is 1. The molecule has 1 aromatic rings. The summed E-state index contributed by atoms with van der Waals surface area (Å²) in [7, 11) is 0. The lowest BCUT2D eigenvalue weighted by atomic mass is 10.1. The predicted octanol–water partition coefficient (Wildman–Crippen LogP) is 2.19. The van der Waals surface area contributed by atoms with Gasteiger partial charge < -0.3 is 14.9 Å². The molecule has 136 valence electrons. The number of hydrogen-bond donors (Lipinski definition) is 1. The fourth-order valence-electron chi connectivity index (χ4n) is 3.93. The SMILES string of the molecule is O=C(O)c1ccnc(CCCC(=O)N2CCCC2CN2CCCC2)c1. The van der Waals surface area contributed by atoms with Gasteiger partial charge in [0.15, 0.2) is 0 Å². The molecule has 0 radical (unpaired) electrons. The summed E-state index contributed by atoms with van der Waals surface area (Å²) in [6.45, 7) is 4.24. The van der Waals surface area contributed by atoms with Crippen molar-refractivity contribution in [1.82, 2.24) is 14.8 Å². The van der Waals surface area contributed by atoms with Gasteiger partial charge in [0, 0.05) is 37.4 Å². The highest BCUT2D eigenvalue weighted by atomic mass is 16.4. The summed E-state index contributed by atoms with van der Waals surface area (Å²) in [5.41, 5.74) is 0.990. The van der Waals surface area contributed by atoms with Gasteiger partial charge in [-0.25, -0.2) is 4.79 Å². The second-order valence-corrected chi connectivity index (χ2v) is 7.09. The second kappa shape index (κ2) is 8.43. The summed E-state index contributed by atoms with van der Waals surface area (Å²) >= 11 is 0. The summed E-state index contributed by atoms with van der Waals surface area (Å²) in [5, 5.41) is 9.02. The van der Waals surface area contributed by atoms with Crippen molar-refractivity contribution in [1.29, 1.82) is 0 Å². The molecule has 0 saturated carbocycles. The lowest BCUT2D eigenvalue weighted by Crippen LogP contribution is -2.42. The number of nitrogens with zero attached hydrogens (tertiary/aromatic N) is 3. The highest BCUT2D eigenvalue weighted by Gasteiger charge is 2.30. The first-order valence-electron chi connectivity index (χ1n) is 9.33. The van der Waals surface area contributed by atoms with Crippen LogP contribution in [0, 0.1) is 0 Å². The molecule has 0 spiro atoms. The number of carboxylic acids is 1. The first kappa shape index (κ1) is 17.9. The van der Waals surface area contributed by atoms with E-state index >= 15 is 0 Å². The van der Waals surface area contributed by atoms with Crippen LogP contribution in [0.1, 0.15) is 54.6 Å². The maximum Gasteiger partial charge on any atom is 0.335 e. The zero-order valence-corrected chi connectivity index (χ0v) is 14.7. The van der Waals surface area contributed by atoms with E-state index in [9.17, 15) is 9.59 Å². The van der Waals surface area contributed by atoms with E-state index in [-0.39, 0.29) is 11.5 Å². The Morgan fingerprint density at radius 3 is 2.76 bits per heavy atom. The third kappa shape index (κ3) is 4.78. The average molecular weight is 345 g/mol. The molecule has 1 unspecified atom stereocenters. The van der Waals surface area contributed by atoms with Crippen LogP contribution < -0.4 is 0 Å². The molecule has 2 saturated heterocycles. The van der Waals surface area contributed by atoms with Crippen LogP contribution in [-0.2, 0) is 11.2 Å². The Morgan fingerprint density at radius 2 is 2.00 bits per heavy atom. The molecule has 0 aliphatic carbocycles. The maximum atomic E-state index is 12.6. The van der Waals surface area contributed by atoms with Crippen LogP contribution in [-0.4, -0.2) is 64.0 Å². The van der Waals surface area contributed by atoms with Crippen LogP contribution in [0.5, 0.6) is 0 Å². The predicted molar refractivity (Wildman–Crippen MR) is 94.5 cm³/mol. The van der Waals surface area contributed by atoms with Crippen LogP contribution in [0.25, 0.3) is 0 Å². The third-order valence-electron chi connectivity index (χ3n) is 5.25. The first-order chi connectivity index (χ1) is 12.1. The molecule has 0 bridgehead atoms. The molecule has 3 rings (SSSR count). The standard InChI is InChI=1S/C19H27N3O3/c23-18(7-3-5-16-13-15(19(24)25)8-9-20-16)22-12-4-6-17(22)14-21-10-1-2-11-21/h8-9,13,17H,1-7,10-12,14H2,(H,24,25). The largest absolute Gasteiger partial charge is 0.478 e. The summed E-state index contributed by atoms with van der Waals surface area (Å²) < 4.78 is 0. The van der Waals surface area contributed by atoms with Crippen molar-refractivity contribution in [2.24, 2.45) is 0 Å². The Balaban J connectivity index is 1.46. The third-order valence-corrected chi connectivity index (χ3v) is 5.25. The maximum absolute atomic E-state index is 12.6. The smallest absolute Gasteiger partial charge is 0.335 e. The zero-order valence-electron chi connectivity index (χ0n) is 14.7. The zero-order chi connectivity index (χ0) is 17.6. The molecule has 2 fully saturated rings. The van der Waals surface area contributed by atoms with Gasteiger partial charge in [-0.3, -0.25) is 9.78 Å². The lowest BCUT2D eigenvalue weighted by Gasteiger charge is -2.28. The van der Waals surface area contributed by atoms with E-state index in [1.54, 1.807) is 6.07 Å². The first-order valence-corrected chi connectivity index (χ1v) is 9.33. The number of rotatable bonds is 7. The van der Waals surface area contributed by atoms with E-state index in [1.807, 2.05) is 0 Å². The number of aromatic nitrogens is 1. The van der Waals surface area contributed by atoms with Crippen molar-refractivity contribution in [3.05, 3.63) is 29.6 Å². The Labute approximate surface area is 148 Å². The number of likely N-dealkylation sites (tertiary alicyclic amines) is 2. The Hall–Kier alpha value is -1.95. The van der Waals surface area contributed by atoms with Crippen LogP contribution in [0.2, 0.25) is 0 Å². The number of carboxylic acid groups (broad SMARTS) is 1. The van der Waals surface area contributed by atoms with Crippen molar-refractivity contribution in [3.8, 4) is 0 Å². The summed E-state index contributed by atoms with van der Waals surface area (Å²) in [5.74, 6) is -0.711. The van der Waals surface area contributed by atoms with Crippen LogP contribution >= 0.6 is 0 Å². The van der Waals surface area contributed by atoms with E-state index < -0.39 is 5.97 Å². The molecule has 1 amide bonds. The van der Waals surface area contributed by atoms with Crippen molar-refractivity contribution in [2.45, 2.75) is 51.0 Å². The molecule has 6 heteroatoms. The highest BCUT2D eigenvalue weighted by molar-refractivity contribution is 5.87. The second-order valence-electron chi connectivity index (χ2n) is 7.09. The number of amides is 1. The average Bonchev–Trinajstić information content (AvgIpc) is 3.27. The molecule has 1 N–H and O–H groups in total. The van der Waals surface area contributed by atoms with Gasteiger partial charge in [0.05, 0.1) is 5.56 Å². The fourth-order valence-corrected chi connectivity index (χ4v) is 3.93. The van der Waals surface area contributed by atoms with Gasteiger partial charge in [0.1, 0.15) is 0 Å². The molecular weight excluding hydrogens is 318 g/mol. The molecule has 3 heterocycles. The van der Waals surface area contributed by atoms with Gasteiger partial charge in [0.2, 0.25) is 5.91 Å². The molecule has 1 aromatic heterocycles. The van der Waals surface area contributed by atoms with Gasteiger partial charge in [-0.2, -0.15) is 0 Å². The van der Waals surface area contributed by atoms with Crippen LogP contribution in [0.15, 0.2) is 18.3 Å². The summed E-state index contributed by atoms with van der Waals surface area (Å²) in [4.78, 5) is 32.3. The van der Waals surface area contributed by atoms with E-state index in [0.29, 0.717) is 25.3 Å². The monoisotopic (exact) mass is 345 g/mol. The van der Waals surface area contributed by atoms with Crippen molar-refractivity contribution < 1.29 is 14.7 Å². The Morgan fingerprint density at radius 1 is 1.20 bits per heavy atom. The number of carbonyl (C=O) groups excluding carboxylic acids is 1. The molecule has 2 aliphatic heterocycles. The lowest BCUT2D eigenvalue weighted by molar-refractivity contribution is -0.132. The van der Waals surface area contributed by atoms with E-state index in [0.717, 1.165) is 31.6 Å². The minimum absolute atomic E-state index is 0.232. The van der Waals surface area contributed by atoms with Gasteiger partial charge in [0.25, 0.3) is 0 Å². The molecule has 2 aliphatic rings. The number of hydrogen-bond acceptors (Lipinski definition) is 4. The number of carbonyl (C=O) groups is 2. The molecule has 6 nitrogen and oxygen atoms in total. The van der Waals surface area contributed by atoms with Crippen molar-refractivity contribution in [3.63, 3.8) is 0 Å². The molecule has 25 heavy (non-hydrogen) atoms. The van der Waals surface area contributed by atoms with Gasteiger partial charge in [-0.05, 0) is 63.7 Å². The summed E-state index contributed by atoms with van der Waals surface area (Å²) in [6.07, 6.45) is 8.16. The molecular formula is C19H27N3O3. The van der Waals surface area contributed by atoms with Gasteiger partial charge in [-0.15, -0.1) is 0 Å². The molecule has 0 aromatic carbocycles. The quantitative estimate of drug-likeness (QED) is 0.820. The molecule has 1 atom stereocenters. The minimum atomic E-state index is -0.943. The van der Waals surface area contributed by atoms with Gasteiger partial charge >= 0.3 is 5.97 Å². The van der Waals surface area contributed by atoms with E-state index in [2.05, 4.69) is 14.8 Å². The Kier molecular flexibility index (Phi) is 6.02. The van der Waals surface area contributed by atoms with E-state index in [1.165, 1.54) is 38.2 Å². The fraction of sp³-hybridized carbons (Fsp3) is 0.632. The van der Waals surface area contributed by atoms with Crippen molar-refractivity contribution >= 4 is 11.9 Å². The number of pyridine rings is 1. The Bertz CT molecular complexity index is 614. The minimum Gasteiger partial charge on any atom is -0.478 e.